The maximum atomic E-state index is 6.20. The average molecular weight is 351 g/mol. The molecule has 1 aliphatic rings. The highest BCUT2D eigenvalue weighted by atomic mass is 79.9. The minimum Gasteiger partial charge on any atom is -0.295 e. The fourth-order valence-electron chi connectivity index (χ4n) is 1.99. The molecule has 1 aliphatic heterocycles. The number of aryl methyl sites for hydroxylation is 1. The zero-order valence-electron chi connectivity index (χ0n) is 10.6. The lowest BCUT2D eigenvalue weighted by Gasteiger charge is -2.31. The van der Waals surface area contributed by atoms with E-state index in [0.29, 0.717) is 5.15 Å². The molecule has 0 bridgehead atoms. The van der Waals surface area contributed by atoms with E-state index in [1.54, 1.807) is 0 Å². The topological polar surface area (TPSA) is 29.0 Å². The summed E-state index contributed by atoms with van der Waals surface area (Å²) in [6.07, 6.45) is 1.99. The molecule has 1 fully saturated rings. The van der Waals surface area contributed by atoms with Crippen LogP contribution in [-0.2, 0) is 6.42 Å². The third kappa shape index (κ3) is 3.18. The summed E-state index contributed by atoms with van der Waals surface area (Å²) in [6, 6.07) is 0.282. The van der Waals surface area contributed by atoms with E-state index in [9.17, 15) is 0 Å². The molecule has 100 valence electrons. The van der Waals surface area contributed by atoms with Crippen LogP contribution in [0.1, 0.15) is 30.9 Å². The van der Waals surface area contributed by atoms with Crippen LogP contribution in [0.4, 0.5) is 0 Å². The predicted octanol–water partition coefficient (Wildman–Crippen LogP) is 3.56. The van der Waals surface area contributed by atoms with Gasteiger partial charge in [-0.3, -0.25) is 4.90 Å². The Labute approximate surface area is 126 Å². The van der Waals surface area contributed by atoms with E-state index in [4.69, 9.17) is 16.6 Å². The minimum absolute atomic E-state index is 0.282. The van der Waals surface area contributed by atoms with E-state index in [-0.39, 0.29) is 6.04 Å². The molecule has 18 heavy (non-hydrogen) atoms. The number of thioether (sulfide) groups is 1. The zero-order chi connectivity index (χ0) is 13.1. The van der Waals surface area contributed by atoms with Gasteiger partial charge in [0.15, 0.2) is 0 Å². The molecule has 0 aromatic carbocycles. The van der Waals surface area contributed by atoms with Crippen LogP contribution in [0.15, 0.2) is 4.47 Å². The van der Waals surface area contributed by atoms with Gasteiger partial charge < -0.3 is 0 Å². The molecule has 6 heteroatoms. The van der Waals surface area contributed by atoms with E-state index in [1.165, 1.54) is 5.75 Å². The molecule has 1 unspecified atom stereocenters. The molecule has 1 saturated heterocycles. The monoisotopic (exact) mass is 349 g/mol. The van der Waals surface area contributed by atoms with Gasteiger partial charge >= 0.3 is 0 Å². The number of nitrogens with zero attached hydrogens (tertiary/aromatic N) is 3. The first-order valence-corrected chi connectivity index (χ1v) is 8.45. The van der Waals surface area contributed by atoms with E-state index >= 15 is 0 Å². The molecule has 2 rings (SSSR count). The van der Waals surface area contributed by atoms with Gasteiger partial charge in [-0.25, -0.2) is 9.97 Å². The van der Waals surface area contributed by atoms with E-state index in [1.807, 2.05) is 11.8 Å². The molecule has 0 radical (unpaired) electrons. The first kappa shape index (κ1) is 14.6. The Morgan fingerprint density at radius 2 is 2.28 bits per heavy atom. The molecular formula is C12H17BrClN3S. The number of hydrogen-bond acceptors (Lipinski definition) is 4. The van der Waals surface area contributed by atoms with Gasteiger partial charge in [-0.15, -0.1) is 0 Å². The first-order chi connectivity index (χ1) is 8.63. The number of aromatic nitrogens is 2. The summed E-state index contributed by atoms with van der Waals surface area (Å²) in [5.74, 6) is 3.08. The van der Waals surface area contributed by atoms with Crippen molar-refractivity contribution >= 4 is 39.3 Å². The average Bonchev–Trinajstić information content (AvgIpc) is 2.35. The third-order valence-corrected chi connectivity index (χ3v) is 5.44. The van der Waals surface area contributed by atoms with Crippen molar-refractivity contribution in [3.63, 3.8) is 0 Å². The van der Waals surface area contributed by atoms with Gasteiger partial charge in [0.05, 0.1) is 16.2 Å². The summed E-state index contributed by atoms with van der Waals surface area (Å²) in [7, 11) is 2.13. The number of halogens is 2. The van der Waals surface area contributed by atoms with Crippen LogP contribution in [0.25, 0.3) is 0 Å². The fourth-order valence-corrected chi connectivity index (χ4v) is 3.77. The molecule has 2 heterocycles. The van der Waals surface area contributed by atoms with E-state index in [0.717, 1.165) is 41.1 Å². The second-order valence-corrected chi connectivity index (χ2v) is 6.76. The van der Waals surface area contributed by atoms with Crippen LogP contribution in [-0.4, -0.2) is 40.0 Å². The van der Waals surface area contributed by atoms with Crippen LogP contribution in [0.5, 0.6) is 0 Å². The van der Waals surface area contributed by atoms with Crippen LogP contribution in [0, 0.1) is 0 Å². The Hall–Kier alpha value is 0.160. The van der Waals surface area contributed by atoms with Crippen molar-refractivity contribution in [3.8, 4) is 0 Å². The Kier molecular flexibility index (Phi) is 5.30. The molecule has 1 atom stereocenters. The van der Waals surface area contributed by atoms with Gasteiger partial charge in [0.25, 0.3) is 0 Å². The van der Waals surface area contributed by atoms with Crippen molar-refractivity contribution in [1.82, 2.24) is 14.9 Å². The molecule has 1 aromatic heterocycles. The lowest BCUT2D eigenvalue weighted by atomic mass is 10.2. The zero-order valence-corrected chi connectivity index (χ0v) is 13.8. The normalized spacial score (nSPS) is 21.2. The molecule has 0 amide bonds. The molecule has 0 spiro atoms. The Morgan fingerprint density at radius 3 is 2.94 bits per heavy atom. The largest absolute Gasteiger partial charge is 0.295 e. The fraction of sp³-hybridized carbons (Fsp3) is 0.667. The van der Waals surface area contributed by atoms with Crippen molar-refractivity contribution in [2.75, 3.05) is 25.1 Å². The smallest absolute Gasteiger partial charge is 0.148 e. The van der Waals surface area contributed by atoms with E-state index < -0.39 is 0 Å². The highest BCUT2D eigenvalue weighted by Crippen LogP contribution is 2.30. The maximum absolute atomic E-state index is 6.20. The summed E-state index contributed by atoms with van der Waals surface area (Å²) in [5.41, 5.74) is 1.02. The van der Waals surface area contributed by atoms with Crippen LogP contribution >= 0.6 is 39.3 Å². The van der Waals surface area contributed by atoms with Gasteiger partial charge in [0.1, 0.15) is 11.0 Å². The van der Waals surface area contributed by atoms with Crippen molar-refractivity contribution in [3.05, 3.63) is 21.1 Å². The summed E-state index contributed by atoms with van der Waals surface area (Å²) in [5, 5.41) is 0.535. The van der Waals surface area contributed by atoms with Gasteiger partial charge in [0, 0.05) is 18.1 Å². The van der Waals surface area contributed by atoms with Crippen molar-refractivity contribution in [2.45, 2.75) is 25.8 Å². The highest BCUT2D eigenvalue weighted by Gasteiger charge is 2.25. The van der Waals surface area contributed by atoms with Gasteiger partial charge in [0.2, 0.25) is 0 Å². The molecule has 0 N–H and O–H groups in total. The van der Waals surface area contributed by atoms with Crippen LogP contribution in [0.2, 0.25) is 5.15 Å². The molecule has 0 saturated carbocycles. The molecule has 0 aliphatic carbocycles. The van der Waals surface area contributed by atoms with Crippen molar-refractivity contribution in [1.29, 1.82) is 0 Å². The Balaban J connectivity index is 2.32. The first-order valence-electron chi connectivity index (χ1n) is 6.13. The van der Waals surface area contributed by atoms with Crippen molar-refractivity contribution in [2.24, 2.45) is 0 Å². The lowest BCUT2D eigenvalue weighted by Crippen LogP contribution is -2.34. The minimum atomic E-state index is 0.282. The second kappa shape index (κ2) is 6.55. The quantitative estimate of drug-likeness (QED) is 0.779. The molecule has 1 aromatic rings. The third-order valence-electron chi connectivity index (χ3n) is 3.08. The summed E-state index contributed by atoms with van der Waals surface area (Å²) < 4.78 is 0.848. The second-order valence-electron chi connectivity index (χ2n) is 4.45. The van der Waals surface area contributed by atoms with Gasteiger partial charge in [-0.05, 0) is 29.4 Å². The lowest BCUT2D eigenvalue weighted by molar-refractivity contribution is 0.264. The number of rotatable bonds is 3. The molecule has 3 nitrogen and oxygen atoms in total. The maximum Gasteiger partial charge on any atom is 0.148 e. The Bertz CT molecular complexity index is 430. The summed E-state index contributed by atoms with van der Waals surface area (Å²) in [6.45, 7) is 3.22. The summed E-state index contributed by atoms with van der Waals surface area (Å²) in [4.78, 5) is 11.5. The SMILES string of the molecule is CCCc1nc(C2CSCCN2C)nc(Cl)c1Br. The Morgan fingerprint density at radius 1 is 1.50 bits per heavy atom. The van der Waals surface area contributed by atoms with E-state index in [2.05, 4.69) is 39.8 Å². The van der Waals surface area contributed by atoms with Gasteiger partial charge in [-0.1, -0.05) is 24.9 Å². The molecular weight excluding hydrogens is 334 g/mol. The van der Waals surface area contributed by atoms with Crippen molar-refractivity contribution < 1.29 is 0 Å². The number of hydrogen-bond donors (Lipinski definition) is 0. The van der Waals surface area contributed by atoms with Gasteiger partial charge in [-0.2, -0.15) is 11.8 Å². The van der Waals surface area contributed by atoms with Crippen LogP contribution in [0.3, 0.4) is 0 Å². The predicted molar refractivity (Wildman–Crippen MR) is 81.4 cm³/mol. The van der Waals surface area contributed by atoms with Crippen LogP contribution < -0.4 is 0 Å². The highest BCUT2D eigenvalue weighted by molar-refractivity contribution is 9.10. The standard InChI is InChI=1S/C12H17BrClN3S/c1-3-4-8-10(13)11(14)16-12(15-8)9-7-18-6-5-17(9)2/h9H,3-7H2,1-2H3. The summed E-state index contributed by atoms with van der Waals surface area (Å²) >= 11 is 11.6.